The molecule has 7 heteroatoms. The minimum Gasteiger partial charge on any atom is -0.488 e. The molecule has 0 aliphatic heterocycles. The highest BCUT2D eigenvalue weighted by atomic mass is 79.9. The van der Waals surface area contributed by atoms with E-state index in [-0.39, 0.29) is 17.3 Å². The molecule has 1 aromatic carbocycles. The maximum atomic E-state index is 11.4. The van der Waals surface area contributed by atoms with E-state index >= 15 is 0 Å². The molecule has 1 rings (SSSR count). The van der Waals surface area contributed by atoms with Gasteiger partial charge in [-0.05, 0) is 30.7 Å². The van der Waals surface area contributed by atoms with Gasteiger partial charge in [0, 0.05) is 20.7 Å². The second-order valence-corrected chi connectivity index (χ2v) is 6.86. The van der Waals surface area contributed by atoms with Crippen LogP contribution in [0.4, 0.5) is 0 Å². The molecule has 0 N–H and O–H groups in total. The minimum atomic E-state index is -3.86. The van der Waals surface area contributed by atoms with E-state index in [4.69, 9.17) is 27.0 Å². The molecule has 0 aromatic heterocycles. The molecule has 0 radical (unpaired) electrons. The number of rotatable bonds is 4. The number of hydrogen-bond donors (Lipinski definition) is 0. The topological polar surface area (TPSA) is 43.4 Å². The maximum absolute atomic E-state index is 11.4. The van der Waals surface area contributed by atoms with Crippen LogP contribution in [0.5, 0.6) is 5.75 Å². The summed E-state index contributed by atoms with van der Waals surface area (Å²) in [7, 11) is 1.49. The molecule has 3 nitrogen and oxygen atoms in total. The number of halogens is 3. The Hall–Kier alpha value is -0.230. The summed E-state index contributed by atoms with van der Waals surface area (Å²) in [6.07, 6.45) is 1.55. The first-order chi connectivity index (χ1) is 7.86. The van der Waals surface area contributed by atoms with Crippen LogP contribution in [0, 0.1) is 6.92 Å². The standard InChI is InChI=1S/C10H9BrCl2O3S/c1-7-5-8(11)6-9(17(13,14)15)10(7)16-4-2-3-12/h2-3,5-6H,4H2,1H3/b3-2+. The average Bonchev–Trinajstić information content (AvgIpc) is 2.19. The summed E-state index contributed by atoms with van der Waals surface area (Å²) in [5, 5.41) is 0. The highest BCUT2D eigenvalue weighted by Gasteiger charge is 2.19. The van der Waals surface area contributed by atoms with Gasteiger partial charge in [0.05, 0.1) is 0 Å². The van der Waals surface area contributed by atoms with Gasteiger partial charge in [-0.3, -0.25) is 0 Å². The van der Waals surface area contributed by atoms with Crippen molar-refractivity contribution in [2.24, 2.45) is 0 Å². The van der Waals surface area contributed by atoms with Gasteiger partial charge in [-0.1, -0.05) is 27.5 Å². The second-order valence-electron chi connectivity index (χ2n) is 3.16. The highest BCUT2D eigenvalue weighted by molar-refractivity contribution is 9.10. The van der Waals surface area contributed by atoms with E-state index in [0.29, 0.717) is 10.0 Å². The predicted octanol–water partition coefficient (Wildman–Crippen LogP) is 3.82. The third kappa shape index (κ3) is 4.17. The van der Waals surface area contributed by atoms with Crippen LogP contribution >= 0.6 is 38.2 Å². The van der Waals surface area contributed by atoms with Crippen molar-refractivity contribution in [2.45, 2.75) is 11.8 Å². The fourth-order valence-corrected chi connectivity index (χ4v) is 3.08. The van der Waals surface area contributed by atoms with Crippen molar-refractivity contribution in [1.82, 2.24) is 0 Å². The Bertz CT molecular complexity index is 541. The van der Waals surface area contributed by atoms with Gasteiger partial charge in [-0.25, -0.2) is 8.42 Å². The largest absolute Gasteiger partial charge is 0.488 e. The maximum Gasteiger partial charge on any atom is 0.265 e. The predicted molar refractivity (Wildman–Crippen MR) is 72.4 cm³/mol. The second kappa shape index (κ2) is 6.09. The van der Waals surface area contributed by atoms with Crippen LogP contribution in [0.15, 0.2) is 33.1 Å². The molecular weight excluding hydrogens is 351 g/mol. The number of benzene rings is 1. The van der Waals surface area contributed by atoms with Crippen LogP contribution in [0.3, 0.4) is 0 Å². The first-order valence-electron chi connectivity index (χ1n) is 4.49. The van der Waals surface area contributed by atoms with E-state index in [1.54, 1.807) is 19.1 Å². The molecule has 0 aliphatic carbocycles. The van der Waals surface area contributed by atoms with E-state index in [2.05, 4.69) is 15.9 Å². The molecule has 0 fully saturated rings. The molecule has 0 unspecified atom stereocenters. The fraction of sp³-hybridized carbons (Fsp3) is 0.200. The molecule has 0 heterocycles. The monoisotopic (exact) mass is 358 g/mol. The third-order valence-corrected chi connectivity index (χ3v) is 3.84. The van der Waals surface area contributed by atoms with Gasteiger partial charge in [0.1, 0.15) is 17.3 Å². The summed E-state index contributed by atoms with van der Waals surface area (Å²) in [4.78, 5) is -0.0611. The Morgan fingerprint density at radius 1 is 1.47 bits per heavy atom. The lowest BCUT2D eigenvalue weighted by Gasteiger charge is -2.11. The summed E-state index contributed by atoms with van der Waals surface area (Å²) in [6, 6.07) is 3.14. The third-order valence-electron chi connectivity index (χ3n) is 1.88. The zero-order valence-corrected chi connectivity index (χ0v) is 12.7. The van der Waals surface area contributed by atoms with Gasteiger partial charge >= 0.3 is 0 Å². The summed E-state index contributed by atoms with van der Waals surface area (Å²) in [6.45, 7) is 1.90. The van der Waals surface area contributed by atoms with Crippen molar-refractivity contribution in [3.8, 4) is 5.75 Å². The van der Waals surface area contributed by atoms with Gasteiger partial charge < -0.3 is 4.74 Å². The van der Waals surface area contributed by atoms with E-state index in [0.717, 1.165) is 0 Å². The fourth-order valence-electron chi connectivity index (χ4n) is 1.23. The molecule has 0 saturated heterocycles. The lowest BCUT2D eigenvalue weighted by atomic mass is 10.2. The lowest BCUT2D eigenvalue weighted by Crippen LogP contribution is -2.02. The Labute approximate surface area is 118 Å². The molecule has 17 heavy (non-hydrogen) atoms. The van der Waals surface area contributed by atoms with Crippen molar-refractivity contribution >= 4 is 47.3 Å². The number of hydrogen-bond acceptors (Lipinski definition) is 3. The summed E-state index contributed by atoms with van der Waals surface area (Å²) in [5.74, 6) is 0.234. The molecule has 0 aliphatic rings. The van der Waals surface area contributed by atoms with E-state index in [9.17, 15) is 8.42 Å². The summed E-state index contributed by atoms with van der Waals surface area (Å²) >= 11 is 8.56. The van der Waals surface area contributed by atoms with E-state index < -0.39 is 9.05 Å². The van der Waals surface area contributed by atoms with Crippen molar-refractivity contribution < 1.29 is 13.2 Å². The molecule has 0 spiro atoms. The number of aryl methyl sites for hydroxylation is 1. The Kier molecular flexibility index (Phi) is 5.31. The van der Waals surface area contributed by atoms with E-state index in [1.165, 1.54) is 11.6 Å². The van der Waals surface area contributed by atoms with Gasteiger partial charge in [0.15, 0.2) is 0 Å². The van der Waals surface area contributed by atoms with Crippen molar-refractivity contribution in [3.63, 3.8) is 0 Å². The quantitative estimate of drug-likeness (QED) is 0.767. The van der Waals surface area contributed by atoms with Crippen LogP contribution in [-0.4, -0.2) is 15.0 Å². The van der Waals surface area contributed by atoms with Crippen molar-refractivity contribution in [1.29, 1.82) is 0 Å². The van der Waals surface area contributed by atoms with Gasteiger partial charge in [-0.15, -0.1) is 0 Å². The molecular formula is C10H9BrCl2O3S. The zero-order valence-electron chi connectivity index (χ0n) is 8.78. The molecule has 0 amide bonds. The minimum absolute atomic E-state index is 0.0611. The van der Waals surface area contributed by atoms with E-state index in [1.807, 2.05) is 0 Å². The molecule has 0 atom stereocenters. The van der Waals surface area contributed by atoms with Gasteiger partial charge in [0.2, 0.25) is 0 Å². The average molecular weight is 360 g/mol. The molecule has 1 aromatic rings. The lowest BCUT2D eigenvalue weighted by molar-refractivity contribution is 0.350. The van der Waals surface area contributed by atoms with Gasteiger partial charge in [0.25, 0.3) is 9.05 Å². The highest BCUT2D eigenvalue weighted by Crippen LogP contribution is 2.33. The van der Waals surface area contributed by atoms with Crippen LogP contribution in [0.25, 0.3) is 0 Å². The first kappa shape index (κ1) is 14.8. The van der Waals surface area contributed by atoms with Crippen molar-refractivity contribution in [3.05, 3.63) is 33.8 Å². The molecule has 0 bridgehead atoms. The molecule has 0 saturated carbocycles. The summed E-state index contributed by atoms with van der Waals surface area (Å²) < 4.78 is 28.8. The normalized spacial score (nSPS) is 12.0. The van der Waals surface area contributed by atoms with Gasteiger partial charge in [-0.2, -0.15) is 0 Å². The van der Waals surface area contributed by atoms with Crippen LogP contribution in [-0.2, 0) is 9.05 Å². The Morgan fingerprint density at radius 3 is 2.65 bits per heavy atom. The Morgan fingerprint density at radius 2 is 2.12 bits per heavy atom. The smallest absolute Gasteiger partial charge is 0.265 e. The molecule has 94 valence electrons. The first-order valence-corrected chi connectivity index (χ1v) is 8.03. The SMILES string of the molecule is Cc1cc(Br)cc(S(=O)(=O)Cl)c1OC/C=C/Cl. The van der Waals surface area contributed by atoms with Crippen LogP contribution < -0.4 is 4.74 Å². The van der Waals surface area contributed by atoms with Crippen LogP contribution in [0.2, 0.25) is 0 Å². The summed E-state index contributed by atoms with van der Waals surface area (Å²) in [5.41, 5.74) is 1.96. The number of ether oxygens (including phenoxy) is 1. The van der Waals surface area contributed by atoms with Crippen LogP contribution in [0.1, 0.15) is 5.56 Å². The van der Waals surface area contributed by atoms with Crippen molar-refractivity contribution in [2.75, 3.05) is 6.61 Å². The zero-order chi connectivity index (χ0) is 13.1. The Balaban J connectivity index is 3.26.